The zero-order valence-electron chi connectivity index (χ0n) is 54.2. The Morgan fingerprint density at radius 3 is 1.31 bits per heavy atom. The maximum Gasteiger partial charge on any atom is 0.305 e. The van der Waals surface area contributed by atoms with E-state index in [9.17, 15) is 112 Å². The van der Waals surface area contributed by atoms with Crippen LogP contribution in [-0.2, 0) is 86.3 Å². The third-order valence-electron chi connectivity index (χ3n) is 13.6. The first-order chi connectivity index (χ1) is 45.4. The van der Waals surface area contributed by atoms with Crippen LogP contribution in [0.1, 0.15) is 105 Å². The summed E-state index contributed by atoms with van der Waals surface area (Å²) < 4.78 is 0. The molecule has 0 rings (SSSR count). The number of aliphatic hydroxyl groups is 2. The number of rotatable bonds is 49. The van der Waals surface area contributed by atoms with Gasteiger partial charge in [0.2, 0.25) is 88.6 Å². The lowest BCUT2D eigenvalue weighted by Crippen LogP contribution is -2.62. The molecule has 0 aliphatic rings. The van der Waals surface area contributed by atoms with Gasteiger partial charge >= 0.3 is 17.9 Å². The van der Waals surface area contributed by atoms with E-state index in [0.717, 1.165) is 20.8 Å². The van der Waals surface area contributed by atoms with Crippen LogP contribution in [0.25, 0.3) is 0 Å². The zero-order chi connectivity index (χ0) is 74.4. The van der Waals surface area contributed by atoms with Crippen molar-refractivity contribution < 1.29 is 112 Å². The molecular formula is C55H92N16O23S3. The first-order valence-electron chi connectivity index (χ1n) is 30.2. The van der Waals surface area contributed by atoms with Gasteiger partial charge < -0.3 is 112 Å². The molecule has 24 N–H and O–H groups in total. The summed E-state index contributed by atoms with van der Waals surface area (Å²) in [5, 5.41) is 78.4. The zero-order valence-corrected chi connectivity index (χ0v) is 56.8. The summed E-state index contributed by atoms with van der Waals surface area (Å²) in [5.41, 5.74) is 16.3. The van der Waals surface area contributed by atoms with Crippen molar-refractivity contribution in [3.8, 4) is 0 Å². The minimum absolute atomic E-state index is 0.102. The molecule has 13 atom stereocenters. The molecule has 97 heavy (non-hydrogen) atoms. The molecule has 0 spiro atoms. The molecule has 0 unspecified atom stereocenters. The van der Waals surface area contributed by atoms with Crippen molar-refractivity contribution in [1.82, 2.24) is 69.1 Å². The monoisotopic (exact) mass is 1440 g/mol. The van der Waals surface area contributed by atoms with Gasteiger partial charge in [-0.2, -0.15) is 37.0 Å². The third-order valence-corrected chi connectivity index (χ3v) is 14.9. The highest BCUT2D eigenvalue weighted by Gasteiger charge is 2.37. The Labute approximate surface area is 572 Å². The second-order valence-corrected chi connectivity index (χ2v) is 24.0. The largest absolute Gasteiger partial charge is 0.481 e. The number of carbonyl (C=O) groups is 18. The van der Waals surface area contributed by atoms with Crippen molar-refractivity contribution in [3.63, 3.8) is 0 Å². The van der Waals surface area contributed by atoms with Gasteiger partial charge in [0.25, 0.3) is 0 Å². The fraction of sp³-hybridized carbons (Fsp3) is 0.673. The van der Waals surface area contributed by atoms with Crippen molar-refractivity contribution in [2.75, 3.05) is 43.2 Å². The van der Waals surface area contributed by atoms with Crippen LogP contribution in [0, 0.1) is 5.92 Å². The number of aliphatic hydroxyl groups excluding tert-OH is 2. The summed E-state index contributed by atoms with van der Waals surface area (Å²) in [6, 6.07) is -19.8. The number of nitrogens with two attached hydrogens (primary N) is 3. The van der Waals surface area contributed by atoms with Crippen LogP contribution in [0.3, 0.4) is 0 Å². The van der Waals surface area contributed by atoms with Crippen LogP contribution >= 0.6 is 37.0 Å². The second-order valence-electron chi connectivity index (χ2n) is 22.3. The highest BCUT2D eigenvalue weighted by Crippen LogP contribution is 2.11. The van der Waals surface area contributed by atoms with Gasteiger partial charge in [0.05, 0.1) is 32.1 Å². The maximum absolute atomic E-state index is 13.8. The molecule has 0 aromatic rings. The normalized spacial score (nSPS) is 15.0. The number of thioether (sulfide) groups is 1. The Kier molecular flexibility index (Phi) is 42.4. The number of amides is 15. The van der Waals surface area contributed by atoms with E-state index in [-0.39, 0.29) is 49.7 Å². The SMILES string of the molecule is CSCC[C@H](NC(=O)CNC(=O)[C@H](CCC(=O)O)NC(=O)[C@H](CO)NC(=O)[C@@H](NC(=O)[C@H](CCCCN)NC(=O)[C@H](CC(N)=O)NC(=O)[C@H](CS)NC(C)=O)[C@@H](C)O)C(=O)N[C@@H](CC(=O)O)C(=O)N[C@@H](C)C(=O)N[C@@H](CS)C(=O)N[C@@H](CCC(=O)O)C(=O)N[C@@H](CC(C)C)C(N)=O. The number of primary amides is 2. The minimum Gasteiger partial charge on any atom is -0.481 e. The van der Waals surface area contributed by atoms with Gasteiger partial charge in [0.15, 0.2) is 0 Å². The minimum atomic E-state index is -2.02. The molecule has 0 bridgehead atoms. The van der Waals surface area contributed by atoms with Gasteiger partial charge in [-0.3, -0.25) is 86.3 Å². The number of thiol groups is 2. The Morgan fingerprint density at radius 2 is 0.866 bits per heavy atom. The van der Waals surface area contributed by atoms with E-state index in [4.69, 9.17) is 17.2 Å². The number of aliphatic carboxylic acids is 3. The lowest BCUT2D eigenvalue weighted by molar-refractivity contribution is -0.141. The van der Waals surface area contributed by atoms with Crippen molar-refractivity contribution in [1.29, 1.82) is 0 Å². The van der Waals surface area contributed by atoms with Gasteiger partial charge in [0, 0.05) is 31.3 Å². The van der Waals surface area contributed by atoms with Crippen LogP contribution < -0.4 is 86.3 Å². The topological polar surface area (TPSA) is 643 Å². The molecule has 0 heterocycles. The standard InChI is InChI=1S/C55H92N16O23S3/c1-24(2)17-32(44(58)83)66-47(86)30(11-13-41(79)80)65-54(93)37(23-96)70-45(84)25(3)60-50(89)34(19-42(81)82)68-48(87)31(14-16-97-6)62-39(76)20-59-46(85)29(10-12-40(77)78)64-52(91)35(21-72)69-55(94)43(26(4)73)71-49(88)28(9-7-8-15-56)63-51(90)33(18-38(57)75)67-53(92)36(22-95)61-27(5)74/h24-26,28-37,43,72-73,95-96H,7-23,56H2,1-6H3,(H2,57,75)(H2,58,83)(H,59,85)(H,60,89)(H,61,74)(H,62,76)(H,63,90)(H,64,91)(H,65,93)(H,66,86)(H,67,92)(H,68,87)(H,69,94)(H,70,84)(H,71,88)(H,77,78)(H,79,80)(H,81,82)/t25-,26+,28-,29-,30-,31-,32-,33-,34-,35-,36-,37-,43-/m0/s1. The van der Waals surface area contributed by atoms with E-state index in [1.165, 1.54) is 11.8 Å². The van der Waals surface area contributed by atoms with Gasteiger partial charge in [-0.15, -0.1) is 0 Å². The molecule has 0 aromatic heterocycles. The molecule has 548 valence electrons. The number of hydrogen-bond donors (Lipinski definition) is 23. The fourth-order valence-corrected chi connectivity index (χ4v) is 9.43. The molecule has 42 heteroatoms. The molecule has 15 amide bonds. The van der Waals surface area contributed by atoms with Crippen LogP contribution in [0.4, 0.5) is 0 Å². The van der Waals surface area contributed by atoms with Crippen molar-refractivity contribution in [3.05, 3.63) is 0 Å². The average molecular weight is 1440 g/mol. The quantitative estimate of drug-likeness (QED) is 0.0199. The first kappa shape index (κ1) is 88.4. The van der Waals surface area contributed by atoms with E-state index in [2.05, 4.69) is 94.4 Å². The summed E-state index contributed by atoms with van der Waals surface area (Å²) in [4.78, 5) is 232. The highest BCUT2D eigenvalue weighted by molar-refractivity contribution is 7.98. The average Bonchev–Trinajstić information content (AvgIpc) is 0.896. The molecule has 39 nitrogen and oxygen atoms in total. The smallest absolute Gasteiger partial charge is 0.305 e. The highest BCUT2D eigenvalue weighted by atomic mass is 32.2. The second kappa shape index (κ2) is 46.5. The predicted molar refractivity (Wildman–Crippen MR) is 348 cm³/mol. The summed E-state index contributed by atoms with van der Waals surface area (Å²) in [7, 11) is 0. The lowest BCUT2D eigenvalue weighted by atomic mass is 10.0. The van der Waals surface area contributed by atoms with Gasteiger partial charge in [-0.05, 0) is 83.3 Å². The van der Waals surface area contributed by atoms with Gasteiger partial charge in [-0.1, -0.05) is 13.8 Å². The van der Waals surface area contributed by atoms with E-state index >= 15 is 0 Å². The third kappa shape index (κ3) is 35.8. The van der Waals surface area contributed by atoms with Crippen LogP contribution in [0.5, 0.6) is 0 Å². The summed E-state index contributed by atoms with van der Waals surface area (Å²) in [5.74, 6) is -21.5. The Hall–Kier alpha value is -8.61. The van der Waals surface area contributed by atoms with Crippen LogP contribution in [-0.4, -0.2) is 254 Å². The van der Waals surface area contributed by atoms with E-state index < -0.39 is 243 Å². The number of carboxylic acids is 3. The molecule has 0 fully saturated rings. The number of unbranched alkanes of at least 4 members (excludes halogenated alkanes) is 1. The first-order valence-corrected chi connectivity index (χ1v) is 32.8. The summed E-state index contributed by atoms with van der Waals surface area (Å²) in [6.07, 6.45) is -4.47. The molecule has 0 radical (unpaired) electrons. The number of carboxylic acid groups (broad SMARTS) is 3. The Bertz CT molecular complexity index is 2790. The molecule has 0 aliphatic carbocycles. The van der Waals surface area contributed by atoms with E-state index in [0.29, 0.717) is 6.42 Å². The van der Waals surface area contributed by atoms with E-state index in [1.807, 2.05) is 0 Å². The number of hydrogen-bond acceptors (Lipinski definition) is 24. The van der Waals surface area contributed by atoms with Gasteiger partial charge in [-0.25, -0.2) is 0 Å². The summed E-state index contributed by atoms with van der Waals surface area (Å²) in [6.45, 7) is 4.60. The molecule has 0 aliphatic heterocycles. The van der Waals surface area contributed by atoms with Crippen molar-refractivity contribution in [2.45, 2.75) is 184 Å². The van der Waals surface area contributed by atoms with Crippen LogP contribution in [0.15, 0.2) is 0 Å². The maximum atomic E-state index is 13.8. The van der Waals surface area contributed by atoms with E-state index in [1.54, 1.807) is 20.1 Å². The fourth-order valence-electron chi connectivity index (χ4n) is 8.45. The predicted octanol–water partition coefficient (Wildman–Crippen LogP) is -9.31. The number of nitrogens with one attached hydrogen (secondary N) is 13. The molecule has 0 saturated carbocycles. The Balaban J connectivity index is 6.37. The lowest BCUT2D eigenvalue weighted by Gasteiger charge is -2.28. The molecular weight excluding hydrogens is 1350 g/mol. The van der Waals surface area contributed by atoms with Crippen LogP contribution in [0.2, 0.25) is 0 Å². The van der Waals surface area contributed by atoms with Crippen molar-refractivity contribution >= 4 is 144 Å². The van der Waals surface area contributed by atoms with Crippen molar-refractivity contribution in [2.24, 2.45) is 23.1 Å². The molecule has 0 aromatic carbocycles. The van der Waals surface area contributed by atoms with Gasteiger partial charge in [0.1, 0.15) is 72.5 Å². The molecule has 0 saturated heterocycles. The summed E-state index contributed by atoms with van der Waals surface area (Å²) >= 11 is 9.26. The number of carbonyl (C=O) groups excluding carboxylic acids is 15. The Morgan fingerprint density at radius 1 is 0.454 bits per heavy atom.